The first kappa shape index (κ1) is 16.1. The first-order valence-electron chi connectivity index (χ1n) is 8.35. The fraction of sp³-hybridized carbons (Fsp3) is 0.316. The van der Waals surface area contributed by atoms with Crippen molar-refractivity contribution >= 4 is 17.6 Å². The molecule has 0 bridgehead atoms. The van der Waals surface area contributed by atoms with E-state index in [0.717, 1.165) is 28.2 Å². The third kappa shape index (κ3) is 3.14. The minimum atomic E-state index is 0.147. The molecule has 0 saturated heterocycles. The van der Waals surface area contributed by atoms with Gasteiger partial charge in [-0.1, -0.05) is 62.9 Å². The van der Waals surface area contributed by atoms with Gasteiger partial charge in [-0.3, -0.25) is 4.57 Å². The number of benzene rings is 1. The van der Waals surface area contributed by atoms with Crippen molar-refractivity contribution in [2.24, 2.45) is 0 Å². The molecule has 5 nitrogen and oxygen atoms in total. The topological polar surface area (TPSA) is 46.8 Å². The van der Waals surface area contributed by atoms with Crippen LogP contribution in [0.1, 0.15) is 26.3 Å². The molecule has 3 aromatic rings. The fourth-order valence-electron chi connectivity index (χ4n) is 2.88. The summed E-state index contributed by atoms with van der Waals surface area (Å²) in [6.45, 7) is 7.38. The molecule has 3 heterocycles. The van der Waals surface area contributed by atoms with E-state index in [1.165, 1.54) is 5.56 Å². The van der Waals surface area contributed by atoms with Gasteiger partial charge in [-0.05, 0) is 23.1 Å². The lowest BCUT2D eigenvalue weighted by molar-refractivity contribution is 0.590. The molecule has 25 heavy (non-hydrogen) atoms. The number of pyridine rings is 1. The van der Waals surface area contributed by atoms with Crippen molar-refractivity contribution in [1.29, 1.82) is 0 Å². The Bertz CT molecular complexity index is 865. The van der Waals surface area contributed by atoms with Crippen LogP contribution in [0.5, 0.6) is 0 Å². The molecule has 0 amide bonds. The minimum Gasteiger partial charge on any atom is -0.329 e. The maximum absolute atomic E-state index is 4.46. The molecule has 0 aliphatic carbocycles. The normalized spacial score (nSPS) is 14.4. The van der Waals surface area contributed by atoms with Gasteiger partial charge in [0.2, 0.25) is 0 Å². The highest BCUT2D eigenvalue weighted by molar-refractivity contribution is 7.99. The van der Waals surface area contributed by atoms with E-state index >= 15 is 0 Å². The summed E-state index contributed by atoms with van der Waals surface area (Å²) in [6, 6.07) is 14.6. The number of hydrogen-bond donors (Lipinski definition) is 0. The number of fused-ring (bicyclic) bond motifs is 1. The van der Waals surface area contributed by atoms with E-state index in [2.05, 4.69) is 69.7 Å². The summed E-state index contributed by atoms with van der Waals surface area (Å²) < 4.78 is 2.16. The Hall–Kier alpha value is -2.34. The molecule has 0 saturated carbocycles. The molecule has 128 valence electrons. The number of hydrogen-bond acceptors (Lipinski definition) is 5. The molecule has 4 rings (SSSR count). The predicted molar refractivity (Wildman–Crippen MR) is 102 cm³/mol. The molecule has 2 aromatic heterocycles. The molecule has 0 radical (unpaired) electrons. The second-order valence-corrected chi connectivity index (χ2v) is 8.12. The third-order valence-corrected chi connectivity index (χ3v) is 5.36. The first-order chi connectivity index (χ1) is 12.0. The van der Waals surface area contributed by atoms with Crippen molar-refractivity contribution in [3.8, 4) is 11.4 Å². The van der Waals surface area contributed by atoms with E-state index in [1.807, 2.05) is 24.4 Å². The predicted octanol–water partition coefficient (Wildman–Crippen LogP) is 4.16. The first-order valence-corrected chi connectivity index (χ1v) is 9.34. The highest BCUT2D eigenvalue weighted by Gasteiger charge is 2.23. The van der Waals surface area contributed by atoms with Gasteiger partial charge in [0.05, 0.1) is 5.88 Å². The van der Waals surface area contributed by atoms with Gasteiger partial charge in [0.15, 0.2) is 11.0 Å². The molecule has 0 unspecified atom stereocenters. The molecule has 0 fully saturated rings. The van der Waals surface area contributed by atoms with Crippen LogP contribution >= 0.6 is 11.8 Å². The molecule has 0 spiro atoms. The van der Waals surface area contributed by atoms with Crippen LogP contribution in [-0.2, 0) is 12.1 Å². The zero-order valence-corrected chi connectivity index (χ0v) is 15.5. The highest BCUT2D eigenvalue weighted by Crippen LogP contribution is 2.31. The SMILES string of the molecule is CC(C)(C)c1ccc(-c2nnc3n2CN(c2ccccn2)CS3)cc1. The van der Waals surface area contributed by atoms with Gasteiger partial charge in [0.1, 0.15) is 12.5 Å². The minimum absolute atomic E-state index is 0.147. The smallest absolute Gasteiger partial charge is 0.194 e. The summed E-state index contributed by atoms with van der Waals surface area (Å²) in [7, 11) is 0. The van der Waals surface area contributed by atoms with Crippen LogP contribution in [0.3, 0.4) is 0 Å². The second-order valence-electron chi connectivity index (χ2n) is 7.20. The Morgan fingerprint density at radius 2 is 1.80 bits per heavy atom. The maximum atomic E-state index is 4.46. The van der Waals surface area contributed by atoms with E-state index in [4.69, 9.17) is 0 Å². The highest BCUT2D eigenvalue weighted by atomic mass is 32.2. The number of thioether (sulfide) groups is 1. The second kappa shape index (κ2) is 6.19. The summed E-state index contributed by atoms with van der Waals surface area (Å²) >= 11 is 1.69. The van der Waals surface area contributed by atoms with Gasteiger partial charge in [0, 0.05) is 11.8 Å². The van der Waals surface area contributed by atoms with E-state index in [1.54, 1.807) is 11.8 Å². The summed E-state index contributed by atoms with van der Waals surface area (Å²) in [6.07, 6.45) is 1.83. The average molecular weight is 351 g/mol. The van der Waals surface area contributed by atoms with E-state index in [-0.39, 0.29) is 5.41 Å². The Morgan fingerprint density at radius 3 is 2.48 bits per heavy atom. The van der Waals surface area contributed by atoms with Crippen molar-refractivity contribution in [3.63, 3.8) is 0 Å². The molecular formula is C19H21N5S. The maximum Gasteiger partial charge on any atom is 0.194 e. The summed E-state index contributed by atoms with van der Waals surface area (Å²) in [4.78, 5) is 6.69. The number of aromatic nitrogens is 4. The summed E-state index contributed by atoms with van der Waals surface area (Å²) in [5.41, 5.74) is 2.56. The van der Waals surface area contributed by atoms with Gasteiger partial charge in [-0.15, -0.1) is 10.2 Å². The largest absolute Gasteiger partial charge is 0.329 e. The van der Waals surface area contributed by atoms with Gasteiger partial charge in [0.25, 0.3) is 0 Å². The standard InChI is InChI=1S/C19H21N5S/c1-19(2,3)15-9-7-14(8-10-15)17-21-22-18-24(17)12-23(13-25-18)16-6-4-5-11-20-16/h4-11H,12-13H2,1-3H3. The zero-order chi connectivity index (χ0) is 17.4. The van der Waals surface area contributed by atoms with Crippen molar-refractivity contribution < 1.29 is 0 Å². The van der Waals surface area contributed by atoms with Crippen LogP contribution < -0.4 is 4.90 Å². The lowest BCUT2D eigenvalue weighted by Crippen LogP contribution is -2.31. The molecule has 0 N–H and O–H groups in total. The van der Waals surface area contributed by atoms with Gasteiger partial charge < -0.3 is 4.90 Å². The zero-order valence-electron chi connectivity index (χ0n) is 14.7. The molecular weight excluding hydrogens is 330 g/mol. The molecule has 1 aliphatic heterocycles. The van der Waals surface area contributed by atoms with Crippen molar-refractivity contribution in [1.82, 2.24) is 19.7 Å². The lowest BCUT2D eigenvalue weighted by atomic mass is 9.87. The van der Waals surface area contributed by atoms with Crippen molar-refractivity contribution in [2.75, 3.05) is 10.8 Å². The summed E-state index contributed by atoms with van der Waals surface area (Å²) in [5.74, 6) is 2.71. The van der Waals surface area contributed by atoms with Gasteiger partial charge in [-0.25, -0.2) is 4.98 Å². The van der Waals surface area contributed by atoms with Crippen LogP contribution in [-0.4, -0.2) is 25.6 Å². The van der Waals surface area contributed by atoms with Crippen molar-refractivity contribution in [3.05, 3.63) is 54.2 Å². The number of anilines is 1. The van der Waals surface area contributed by atoms with E-state index in [0.29, 0.717) is 6.67 Å². The average Bonchev–Trinajstić information content (AvgIpc) is 3.05. The van der Waals surface area contributed by atoms with Gasteiger partial charge in [-0.2, -0.15) is 0 Å². The number of rotatable bonds is 2. The lowest BCUT2D eigenvalue weighted by Gasteiger charge is -2.28. The van der Waals surface area contributed by atoms with Crippen LogP contribution in [0.25, 0.3) is 11.4 Å². The molecule has 6 heteroatoms. The molecule has 0 atom stereocenters. The van der Waals surface area contributed by atoms with E-state index in [9.17, 15) is 0 Å². The third-order valence-electron chi connectivity index (χ3n) is 4.36. The van der Waals surface area contributed by atoms with E-state index < -0.39 is 0 Å². The Morgan fingerprint density at radius 1 is 1.00 bits per heavy atom. The molecule has 1 aliphatic rings. The fourth-order valence-corrected chi connectivity index (χ4v) is 3.77. The summed E-state index contributed by atoms with van der Waals surface area (Å²) in [5, 5.41) is 9.75. The van der Waals surface area contributed by atoms with Crippen LogP contribution in [0.4, 0.5) is 5.82 Å². The van der Waals surface area contributed by atoms with Crippen LogP contribution in [0, 0.1) is 0 Å². The Balaban J connectivity index is 1.65. The molecule has 1 aromatic carbocycles. The van der Waals surface area contributed by atoms with Crippen LogP contribution in [0.15, 0.2) is 53.8 Å². The van der Waals surface area contributed by atoms with Crippen molar-refractivity contribution in [2.45, 2.75) is 38.0 Å². The van der Waals surface area contributed by atoms with Gasteiger partial charge >= 0.3 is 0 Å². The number of nitrogens with zero attached hydrogens (tertiary/aromatic N) is 5. The monoisotopic (exact) mass is 351 g/mol. The quantitative estimate of drug-likeness (QED) is 0.693. The Labute approximate surface area is 152 Å². The van der Waals surface area contributed by atoms with Crippen LogP contribution in [0.2, 0.25) is 0 Å². The Kier molecular flexibility index (Phi) is 4.00.